The Morgan fingerprint density at radius 1 is 1.00 bits per heavy atom. The van der Waals surface area contributed by atoms with Gasteiger partial charge in [-0.2, -0.15) is 0 Å². The second-order valence-electron chi connectivity index (χ2n) is 7.43. The molecule has 0 radical (unpaired) electrons. The lowest BCUT2D eigenvalue weighted by Crippen LogP contribution is -2.38. The van der Waals surface area contributed by atoms with E-state index in [1.807, 2.05) is 42.5 Å². The van der Waals surface area contributed by atoms with Gasteiger partial charge in [0.25, 0.3) is 0 Å². The van der Waals surface area contributed by atoms with Gasteiger partial charge in [0.1, 0.15) is 0 Å². The standard InChI is InChI=1S/C23H29NO4S2/c1-19(25)29-18-12-23(11-13-24-14-16-28-17-15-24)30(26,27)22-9-7-21(8-10-22)20-5-3-2-4-6-20/h2-10,23H,11-18H2,1H3. The lowest BCUT2D eigenvalue weighted by molar-refractivity contribution is -0.109. The summed E-state index contributed by atoms with van der Waals surface area (Å²) in [5, 5.41) is -0.485. The summed E-state index contributed by atoms with van der Waals surface area (Å²) in [7, 11) is -3.48. The van der Waals surface area contributed by atoms with Crippen molar-refractivity contribution in [2.75, 3.05) is 38.6 Å². The van der Waals surface area contributed by atoms with E-state index in [2.05, 4.69) is 4.90 Å². The third-order valence-corrected chi connectivity index (χ3v) is 8.47. The van der Waals surface area contributed by atoms with E-state index in [1.54, 1.807) is 12.1 Å². The van der Waals surface area contributed by atoms with Gasteiger partial charge in [0.05, 0.1) is 23.4 Å². The van der Waals surface area contributed by atoms with Crippen molar-refractivity contribution < 1.29 is 17.9 Å². The van der Waals surface area contributed by atoms with E-state index in [0.29, 0.717) is 36.7 Å². The van der Waals surface area contributed by atoms with Crippen LogP contribution in [0, 0.1) is 0 Å². The topological polar surface area (TPSA) is 63.7 Å². The van der Waals surface area contributed by atoms with E-state index < -0.39 is 15.1 Å². The molecule has 0 spiro atoms. The summed E-state index contributed by atoms with van der Waals surface area (Å²) in [5.41, 5.74) is 2.05. The fourth-order valence-electron chi connectivity index (χ4n) is 3.60. The number of sulfone groups is 1. The molecule has 0 saturated carbocycles. The lowest BCUT2D eigenvalue weighted by Gasteiger charge is -2.28. The zero-order chi connectivity index (χ0) is 21.4. The van der Waals surface area contributed by atoms with Gasteiger partial charge in [-0.15, -0.1) is 0 Å². The molecule has 5 nitrogen and oxygen atoms in total. The first-order valence-corrected chi connectivity index (χ1v) is 12.8. The number of rotatable bonds is 9. The van der Waals surface area contributed by atoms with E-state index in [4.69, 9.17) is 4.74 Å². The van der Waals surface area contributed by atoms with Crippen LogP contribution >= 0.6 is 11.8 Å². The van der Waals surface area contributed by atoms with Crippen molar-refractivity contribution >= 4 is 26.7 Å². The number of hydrogen-bond acceptors (Lipinski definition) is 6. The Bertz CT molecular complexity index is 908. The molecule has 1 fully saturated rings. The smallest absolute Gasteiger partial charge is 0.185 e. The maximum absolute atomic E-state index is 13.4. The molecule has 2 aromatic carbocycles. The number of hydrogen-bond donors (Lipinski definition) is 0. The second kappa shape index (κ2) is 11.1. The first-order valence-electron chi connectivity index (χ1n) is 10.3. The predicted octanol–water partition coefficient (Wildman–Crippen LogP) is 3.89. The first-order chi connectivity index (χ1) is 14.5. The molecule has 0 bridgehead atoms. The number of thioether (sulfide) groups is 1. The molecule has 3 rings (SSSR count). The van der Waals surface area contributed by atoms with Crippen LogP contribution in [0.4, 0.5) is 0 Å². The van der Waals surface area contributed by atoms with Gasteiger partial charge in [-0.1, -0.05) is 54.2 Å². The average Bonchev–Trinajstić information content (AvgIpc) is 2.77. The monoisotopic (exact) mass is 447 g/mol. The normalized spacial score (nSPS) is 16.3. The molecule has 1 aliphatic heterocycles. The molecule has 1 heterocycles. The van der Waals surface area contributed by atoms with Crippen molar-refractivity contribution in [3.8, 4) is 11.1 Å². The zero-order valence-electron chi connectivity index (χ0n) is 17.3. The van der Waals surface area contributed by atoms with E-state index in [1.165, 1.54) is 18.7 Å². The Morgan fingerprint density at radius 3 is 2.27 bits per heavy atom. The molecule has 1 unspecified atom stereocenters. The van der Waals surface area contributed by atoms with Crippen molar-refractivity contribution in [1.82, 2.24) is 4.90 Å². The van der Waals surface area contributed by atoms with E-state index in [0.717, 1.165) is 30.8 Å². The Balaban J connectivity index is 1.74. The number of carbonyl (C=O) groups is 1. The van der Waals surface area contributed by atoms with Gasteiger partial charge in [0, 0.05) is 25.8 Å². The number of carbonyl (C=O) groups excluding carboxylic acids is 1. The van der Waals surface area contributed by atoms with Crippen molar-refractivity contribution in [1.29, 1.82) is 0 Å². The minimum absolute atomic E-state index is 0.0199. The summed E-state index contributed by atoms with van der Waals surface area (Å²) >= 11 is 1.20. The summed E-state index contributed by atoms with van der Waals surface area (Å²) in [5.74, 6) is 0.518. The highest BCUT2D eigenvalue weighted by molar-refractivity contribution is 8.13. The SMILES string of the molecule is CC(=O)SCCC(CCN1CCOCC1)S(=O)(=O)c1ccc(-c2ccccc2)cc1. The van der Waals surface area contributed by atoms with Crippen LogP contribution in [0.15, 0.2) is 59.5 Å². The quantitative estimate of drug-likeness (QED) is 0.581. The molecule has 2 aromatic rings. The summed E-state index contributed by atoms with van der Waals surface area (Å²) in [6, 6.07) is 17.1. The van der Waals surface area contributed by atoms with Crippen molar-refractivity contribution in [2.24, 2.45) is 0 Å². The molecule has 30 heavy (non-hydrogen) atoms. The Kier molecular flexibility index (Phi) is 8.50. The first kappa shape index (κ1) is 23.0. The van der Waals surface area contributed by atoms with E-state index >= 15 is 0 Å². The maximum Gasteiger partial charge on any atom is 0.185 e. The van der Waals surface area contributed by atoms with Gasteiger partial charge in [-0.25, -0.2) is 8.42 Å². The van der Waals surface area contributed by atoms with Crippen LogP contribution < -0.4 is 0 Å². The molecular formula is C23H29NO4S2. The van der Waals surface area contributed by atoms with Crippen molar-refractivity contribution in [3.63, 3.8) is 0 Å². The number of nitrogens with zero attached hydrogens (tertiary/aromatic N) is 1. The lowest BCUT2D eigenvalue weighted by atomic mass is 10.1. The second-order valence-corrected chi connectivity index (χ2v) is 10.9. The molecule has 162 valence electrons. The van der Waals surface area contributed by atoms with E-state index in [9.17, 15) is 13.2 Å². The summed E-state index contributed by atoms with van der Waals surface area (Å²) in [6.45, 7) is 5.29. The molecule has 1 aliphatic rings. The predicted molar refractivity (Wildman–Crippen MR) is 122 cm³/mol. The molecule has 1 atom stereocenters. The van der Waals surface area contributed by atoms with Crippen LogP contribution in [0.1, 0.15) is 19.8 Å². The molecule has 0 N–H and O–H groups in total. The highest BCUT2D eigenvalue weighted by Crippen LogP contribution is 2.26. The van der Waals surface area contributed by atoms with Gasteiger partial charge in [0.15, 0.2) is 15.0 Å². The van der Waals surface area contributed by atoms with Crippen LogP contribution in [0.25, 0.3) is 11.1 Å². The highest BCUT2D eigenvalue weighted by atomic mass is 32.2. The summed E-state index contributed by atoms with van der Waals surface area (Å²) < 4.78 is 32.2. The zero-order valence-corrected chi connectivity index (χ0v) is 19.0. The molecule has 7 heteroatoms. The minimum atomic E-state index is -3.48. The average molecular weight is 448 g/mol. The summed E-state index contributed by atoms with van der Waals surface area (Å²) in [6.07, 6.45) is 1.03. The molecule has 0 aliphatic carbocycles. The molecular weight excluding hydrogens is 418 g/mol. The van der Waals surface area contributed by atoms with Gasteiger partial charge in [0.2, 0.25) is 0 Å². The van der Waals surface area contributed by atoms with Crippen LogP contribution in [0.2, 0.25) is 0 Å². The van der Waals surface area contributed by atoms with Crippen LogP contribution in [-0.4, -0.2) is 62.3 Å². The molecule has 0 amide bonds. The number of morpholine rings is 1. The van der Waals surface area contributed by atoms with E-state index in [-0.39, 0.29) is 5.12 Å². The van der Waals surface area contributed by atoms with Crippen LogP contribution in [0.3, 0.4) is 0 Å². The van der Waals surface area contributed by atoms with Crippen LogP contribution in [0.5, 0.6) is 0 Å². The van der Waals surface area contributed by atoms with Gasteiger partial charge < -0.3 is 4.74 Å². The van der Waals surface area contributed by atoms with Crippen molar-refractivity contribution in [2.45, 2.75) is 29.9 Å². The third-order valence-electron chi connectivity index (χ3n) is 5.34. The maximum atomic E-state index is 13.4. The largest absolute Gasteiger partial charge is 0.379 e. The number of ether oxygens (including phenoxy) is 1. The van der Waals surface area contributed by atoms with Gasteiger partial charge in [-0.3, -0.25) is 9.69 Å². The fraction of sp³-hybridized carbons (Fsp3) is 0.435. The third kappa shape index (κ3) is 6.41. The molecule has 0 aromatic heterocycles. The Labute approximate surface area is 183 Å². The minimum Gasteiger partial charge on any atom is -0.379 e. The fourth-order valence-corrected chi connectivity index (χ4v) is 6.18. The van der Waals surface area contributed by atoms with Gasteiger partial charge in [-0.05, 0) is 42.6 Å². The van der Waals surface area contributed by atoms with Crippen molar-refractivity contribution in [3.05, 3.63) is 54.6 Å². The number of benzene rings is 2. The van der Waals surface area contributed by atoms with Crippen LogP contribution in [-0.2, 0) is 19.4 Å². The Hall–Kier alpha value is -1.67. The summed E-state index contributed by atoms with van der Waals surface area (Å²) in [4.78, 5) is 13.9. The highest BCUT2D eigenvalue weighted by Gasteiger charge is 2.28. The Morgan fingerprint density at radius 2 is 1.63 bits per heavy atom. The molecule has 1 saturated heterocycles. The van der Waals surface area contributed by atoms with Gasteiger partial charge >= 0.3 is 0 Å².